The number of guanidine groups is 2. The Kier molecular flexibility index (Phi) is 6.53. The van der Waals surface area contributed by atoms with Gasteiger partial charge in [-0.1, -0.05) is 13.3 Å². The first-order valence-corrected chi connectivity index (χ1v) is 4.96. The summed E-state index contributed by atoms with van der Waals surface area (Å²) in [6, 6.07) is 0.158. The van der Waals surface area contributed by atoms with Crippen LogP contribution in [0.15, 0.2) is 9.98 Å². The molecule has 0 saturated carbocycles. The summed E-state index contributed by atoms with van der Waals surface area (Å²) in [5, 5.41) is 2.73. The van der Waals surface area contributed by atoms with Crippen molar-refractivity contribution in [3.05, 3.63) is 0 Å². The number of nitrogens with two attached hydrogens (primary N) is 2. The molecular formula is C9H21N5. The van der Waals surface area contributed by atoms with Crippen molar-refractivity contribution >= 4 is 11.9 Å². The molecule has 5 heteroatoms. The Balaban J connectivity index is 3.92. The van der Waals surface area contributed by atoms with E-state index in [1.54, 1.807) is 0 Å². The van der Waals surface area contributed by atoms with Gasteiger partial charge in [0.15, 0.2) is 11.9 Å². The minimum atomic E-state index is 0.158. The maximum Gasteiger partial charge on any atom is 0.195 e. The van der Waals surface area contributed by atoms with Crippen molar-refractivity contribution in [2.45, 2.75) is 39.7 Å². The van der Waals surface area contributed by atoms with Gasteiger partial charge in [-0.2, -0.15) is 0 Å². The number of nitrogens with zero attached hydrogens (tertiary/aromatic N) is 2. The van der Waals surface area contributed by atoms with Gasteiger partial charge in [0.25, 0.3) is 0 Å². The lowest BCUT2D eigenvalue weighted by Gasteiger charge is -2.05. The van der Waals surface area contributed by atoms with Crippen LogP contribution in [0.3, 0.4) is 0 Å². The molecule has 5 N–H and O–H groups in total. The largest absolute Gasteiger partial charge is 0.370 e. The number of rotatable bonds is 4. The number of hydrogen-bond donors (Lipinski definition) is 3. The lowest BCUT2D eigenvalue weighted by molar-refractivity contribution is 0.802. The smallest absolute Gasteiger partial charge is 0.195 e. The molecule has 0 aromatic heterocycles. The summed E-state index contributed by atoms with van der Waals surface area (Å²) in [5.41, 5.74) is 11.1. The molecule has 82 valence electrons. The maximum atomic E-state index is 5.57. The van der Waals surface area contributed by atoms with Crippen LogP contribution >= 0.6 is 0 Å². The molecule has 0 aromatic rings. The van der Waals surface area contributed by atoms with Crippen molar-refractivity contribution in [2.75, 3.05) is 6.54 Å². The fourth-order valence-electron chi connectivity index (χ4n) is 0.839. The Morgan fingerprint density at radius 1 is 1.29 bits per heavy atom. The van der Waals surface area contributed by atoms with Gasteiger partial charge in [0.05, 0.1) is 0 Å². The summed E-state index contributed by atoms with van der Waals surface area (Å²) in [6.07, 6.45) is 2.13. The summed E-state index contributed by atoms with van der Waals surface area (Å²) in [5.74, 6) is 0.651. The van der Waals surface area contributed by atoms with Gasteiger partial charge < -0.3 is 11.5 Å². The van der Waals surface area contributed by atoms with E-state index >= 15 is 0 Å². The van der Waals surface area contributed by atoms with Gasteiger partial charge in [0, 0.05) is 12.6 Å². The Morgan fingerprint density at radius 2 is 1.93 bits per heavy atom. The SMILES string of the molecule is CCCCN=C(N)NC(N)=NC(C)C. The average molecular weight is 199 g/mol. The third-order valence-electron chi connectivity index (χ3n) is 1.45. The molecule has 0 aliphatic heterocycles. The molecule has 0 bridgehead atoms. The van der Waals surface area contributed by atoms with Crippen molar-refractivity contribution in [2.24, 2.45) is 21.5 Å². The molecule has 0 fully saturated rings. The van der Waals surface area contributed by atoms with Crippen LogP contribution in [-0.4, -0.2) is 24.5 Å². The Bertz CT molecular complexity index is 207. The van der Waals surface area contributed by atoms with E-state index in [1.165, 1.54) is 0 Å². The minimum Gasteiger partial charge on any atom is -0.370 e. The number of aliphatic imine (C=N–C) groups is 2. The second kappa shape index (κ2) is 7.17. The van der Waals surface area contributed by atoms with Crippen LogP contribution in [0.2, 0.25) is 0 Å². The van der Waals surface area contributed by atoms with Crippen LogP contribution < -0.4 is 16.8 Å². The summed E-state index contributed by atoms with van der Waals surface area (Å²) < 4.78 is 0. The van der Waals surface area contributed by atoms with E-state index in [-0.39, 0.29) is 6.04 Å². The highest BCUT2D eigenvalue weighted by Crippen LogP contribution is 1.86. The van der Waals surface area contributed by atoms with E-state index in [2.05, 4.69) is 22.2 Å². The zero-order valence-corrected chi connectivity index (χ0v) is 9.25. The van der Waals surface area contributed by atoms with Crippen molar-refractivity contribution in [1.82, 2.24) is 5.32 Å². The third kappa shape index (κ3) is 7.39. The molecule has 0 aromatic carbocycles. The topological polar surface area (TPSA) is 88.8 Å². The van der Waals surface area contributed by atoms with Crippen LogP contribution in [0.1, 0.15) is 33.6 Å². The second-order valence-electron chi connectivity index (χ2n) is 3.35. The highest BCUT2D eigenvalue weighted by atomic mass is 15.2. The fraction of sp³-hybridized carbons (Fsp3) is 0.778. The maximum absolute atomic E-state index is 5.57. The quantitative estimate of drug-likeness (QED) is 0.348. The molecule has 0 amide bonds. The highest BCUT2D eigenvalue weighted by molar-refractivity contribution is 5.97. The Labute approximate surface area is 85.7 Å². The molecular weight excluding hydrogens is 178 g/mol. The Morgan fingerprint density at radius 3 is 2.43 bits per heavy atom. The van der Waals surface area contributed by atoms with Crippen LogP contribution in [0, 0.1) is 0 Å². The van der Waals surface area contributed by atoms with E-state index in [1.807, 2.05) is 13.8 Å². The second-order valence-corrected chi connectivity index (χ2v) is 3.35. The molecule has 0 heterocycles. The first-order valence-electron chi connectivity index (χ1n) is 4.96. The van der Waals surface area contributed by atoms with E-state index in [0.29, 0.717) is 11.9 Å². The third-order valence-corrected chi connectivity index (χ3v) is 1.45. The molecule has 0 aliphatic carbocycles. The standard InChI is InChI=1S/C9H21N5/c1-4-5-6-12-8(10)14-9(11)13-7(2)3/h7H,4-6H2,1-3H3,(H5,10,11,12,13,14). The van der Waals surface area contributed by atoms with Gasteiger partial charge >= 0.3 is 0 Å². The summed E-state index contributed by atoms with van der Waals surface area (Å²) in [6.45, 7) is 6.72. The predicted octanol–water partition coefficient (Wildman–Crippen LogP) is 0.414. The molecule has 0 spiro atoms. The molecule has 0 saturated heterocycles. The first-order chi connectivity index (χ1) is 6.56. The zero-order valence-electron chi connectivity index (χ0n) is 9.25. The number of hydrogen-bond acceptors (Lipinski definition) is 2. The number of nitrogens with one attached hydrogen (secondary N) is 1. The summed E-state index contributed by atoms with van der Waals surface area (Å²) in [4.78, 5) is 8.15. The lowest BCUT2D eigenvalue weighted by atomic mass is 10.3. The van der Waals surface area contributed by atoms with E-state index < -0.39 is 0 Å². The molecule has 14 heavy (non-hydrogen) atoms. The van der Waals surface area contributed by atoms with Gasteiger partial charge in [-0.3, -0.25) is 15.3 Å². The summed E-state index contributed by atoms with van der Waals surface area (Å²) in [7, 11) is 0. The minimum absolute atomic E-state index is 0.158. The predicted molar refractivity (Wildman–Crippen MR) is 61.3 cm³/mol. The van der Waals surface area contributed by atoms with Gasteiger partial charge in [-0.25, -0.2) is 0 Å². The first kappa shape index (κ1) is 12.7. The van der Waals surface area contributed by atoms with Gasteiger partial charge in [0.2, 0.25) is 0 Å². The van der Waals surface area contributed by atoms with Crippen molar-refractivity contribution in [3.8, 4) is 0 Å². The number of unbranched alkanes of at least 4 members (excludes halogenated alkanes) is 1. The van der Waals surface area contributed by atoms with E-state index in [9.17, 15) is 0 Å². The lowest BCUT2D eigenvalue weighted by Crippen LogP contribution is -2.42. The molecule has 0 rings (SSSR count). The van der Waals surface area contributed by atoms with Crippen LogP contribution in [0.25, 0.3) is 0 Å². The zero-order chi connectivity index (χ0) is 11.0. The van der Waals surface area contributed by atoms with Gasteiger partial charge in [-0.15, -0.1) is 0 Å². The normalized spacial score (nSPS) is 13.4. The van der Waals surface area contributed by atoms with E-state index in [0.717, 1.165) is 19.4 Å². The monoisotopic (exact) mass is 199 g/mol. The molecule has 5 nitrogen and oxygen atoms in total. The highest BCUT2D eigenvalue weighted by Gasteiger charge is 1.95. The van der Waals surface area contributed by atoms with Gasteiger partial charge in [-0.05, 0) is 20.3 Å². The Hall–Kier alpha value is -1.26. The van der Waals surface area contributed by atoms with E-state index in [4.69, 9.17) is 11.5 Å². The average Bonchev–Trinajstić information content (AvgIpc) is 2.02. The molecule has 0 unspecified atom stereocenters. The molecule has 0 aliphatic rings. The van der Waals surface area contributed by atoms with Crippen LogP contribution in [0.5, 0.6) is 0 Å². The van der Waals surface area contributed by atoms with Crippen LogP contribution in [-0.2, 0) is 0 Å². The van der Waals surface area contributed by atoms with Crippen LogP contribution in [0.4, 0.5) is 0 Å². The fourth-order valence-corrected chi connectivity index (χ4v) is 0.839. The van der Waals surface area contributed by atoms with Crippen molar-refractivity contribution < 1.29 is 0 Å². The van der Waals surface area contributed by atoms with Crippen molar-refractivity contribution in [3.63, 3.8) is 0 Å². The summed E-state index contributed by atoms with van der Waals surface area (Å²) >= 11 is 0. The van der Waals surface area contributed by atoms with Gasteiger partial charge in [0.1, 0.15) is 0 Å². The van der Waals surface area contributed by atoms with Crippen molar-refractivity contribution in [1.29, 1.82) is 0 Å². The molecule has 0 radical (unpaired) electrons. The molecule has 0 atom stereocenters.